The molecule has 2 aromatic heterocycles. The van der Waals surface area contributed by atoms with Gasteiger partial charge in [0.2, 0.25) is 0 Å². The molecule has 0 atom stereocenters. The summed E-state index contributed by atoms with van der Waals surface area (Å²) in [5, 5.41) is 4.86. The lowest BCUT2D eigenvalue weighted by molar-refractivity contribution is 0.0777. The molecule has 0 fully saturated rings. The summed E-state index contributed by atoms with van der Waals surface area (Å²) in [7, 11) is 1.79. The highest BCUT2D eigenvalue weighted by atomic mass is 32.1. The second-order valence-corrected chi connectivity index (χ2v) is 8.35. The molecule has 7 heteroatoms. The van der Waals surface area contributed by atoms with Gasteiger partial charge in [-0.05, 0) is 36.5 Å². The first-order chi connectivity index (χ1) is 16.6. The summed E-state index contributed by atoms with van der Waals surface area (Å²) in [5.74, 6) is -0.136. The van der Waals surface area contributed by atoms with Crippen LogP contribution in [0.1, 0.15) is 16.1 Å². The van der Waals surface area contributed by atoms with Gasteiger partial charge < -0.3 is 9.88 Å². The van der Waals surface area contributed by atoms with E-state index >= 15 is 0 Å². The summed E-state index contributed by atoms with van der Waals surface area (Å²) < 4.78 is 4.10. The summed E-state index contributed by atoms with van der Waals surface area (Å²) >= 11 is 5.46. The minimum absolute atomic E-state index is 0.136. The maximum absolute atomic E-state index is 13.5. The predicted octanol–water partition coefficient (Wildman–Crippen LogP) is 5.66. The third-order valence-corrected chi connectivity index (χ3v) is 5.92. The molecular weight excluding hydrogens is 442 g/mol. The van der Waals surface area contributed by atoms with Crippen LogP contribution in [-0.2, 0) is 6.54 Å². The van der Waals surface area contributed by atoms with Crippen molar-refractivity contribution >= 4 is 18.1 Å². The summed E-state index contributed by atoms with van der Waals surface area (Å²) in [4.78, 5) is 18.2. The minimum Gasteiger partial charge on any atom is -0.336 e. The number of benzene rings is 3. The number of hydrogen-bond acceptors (Lipinski definition) is 3. The second kappa shape index (κ2) is 9.33. The van der Waals surface area contributed by atoms with E-state index in [-0.39, 0.29) is 5.91 Å². The molecule has 6 nitrogen and oxygen atoms in total. The number of nitrogens with zero attached hydrogens (tertiary/aromatic N) is 4. The van der Waals surface area contributed by atoms with Crippen LogP contribution in [0.15, 0.2) is 103 Å². The molecule has 0 radical (unpaired) electrons. The fourth-order valence-electron chi connectivity index (χ4n) is 3.96. The smallest absolute Gasteiger partial charge is 0.272 e. The van der Waals surface area contributed by atoms with Crippen molar-refractivity contribution < 1.29 is 4.79 Å². The van der Waals surface area contributed by atoms with Crippen LogP contribution >= 0.6 is 12.2 Å². The van der Waals surface area contributed by atoms with Crippen LogP contribution in [0.2, 0.25) is 0 Å². The normalized spacial score (nSPS) is 10.9. The van der Waals surface area contributed by atoms with Crippen molar-refractivity contribution in [1.29, 1.82) is 0 Å². The molecule has 1 N–H and O–H groups in total. The lowest BCUT2D eigenvalue weighted by Gasteiger charge is -2.18. The third-order valence-electron chi connectivity index (χ3n) is 5.62. The number of H-pyrrole nitrogens is 1. The topological polar surface area (TPSA) is 58.9 Å². The molecule has 0 saturated carbocycles. The van der Waals surface area contributed by atoms with Gasteiger partial charge in [0.25, 0.3) is 5.91 Å². The molecule has 0 saturated heterocycles. The van der Waals surface area contributed by atoms with E-state index in [4.69, 9.17) is 17.3 Å². The van der Waals surface area contributed by atoms with Crippen molar-refractivity contribution in [2.75, 3.05) is 7.05 Å². The molecule has 168 valence electrons. The predicted molar refractivity (Wildman–Crippen MR) is 136 cm³/mol. The van der Waals surface area contributed by atoms with Crippen LogP contribution in [-0.4, -0.2) is 37.2 Å². The van der Waals surface area contributed by atoms with E-state index in [1.54, 1.807) is 22.7 Å². The van der Waals surface area contributed by atoms with Crippen molar-refractivity contribution in [2.45, 2.75) is 6.54 Å². The Kier molecular flexibility index (Phi) is 5.93. The van der Waals surface area contributed by atoms with Crippen molar-refractivity contribution in [2.24, 2.45) is 0 Å². The Balaban J connectivity index is 1.50. The number of rotatable bonds is 6. The molecule has 34 heavy (non-hydrogen) atoms. The maximum atomic E-state index is 13.5. The van der Waals surface area contributed by atoms with Crippen LogP contribution in [0, 0.1) is 4.77 Å². The number of carbonyl (C=O) groups excluding carboxylic acids is 1. The Labute approximate surface area is 202 Å². The fourth-order valence-corrected chi connectivity index (χ4v) is 4.22. The van der Waals surface area contributed by atoms with Gasteiger partial charge in [-0.25, -0.2) is 4.68 Å². The van der Waals surface area contributed by atoms with Gasteiger partial charge in [-0.15, -0.1) is 0 Å². The molecular formula is C27H23N5OS. The van der Waals surface area contributed by atoms with Gasteiger partial charge in [-0.2, -0.15) is 5.10 Å². The lowest BCUT2D eigenvalue weighted by atomic mass is 10.1. The fraction of sp³-hybridized carbons (Fsp3) is 0.0741. The summed E-state index contributed by atoms with van der Waals surface area (Å²) in [6.45, 7) is 0.391. The number of nitrogens with one attached hydrogen (secondary N) is 1. The van der Waals surface area contributed by atoms with Crippen LogP contribution in [0.25, 0.3) is 22.6 Å². The van der Waals surface area contributed by atoms with E-state index in [1.807, 2.05) is 102 Å². The quantitative estimate of drug-likeness (QED) is 0.329. The monoisotopic (exact) mass is 465 g/mol. The van der Waals surface area contributed by atoms with Gasteiger partial charge in [0.15, 0.2) is 4.77 Å². The highest BCUT2D eigenvalue weighted by Gasteiger charge is 2.21. The van der Waals surface area contributed by atoms with Gasteiger partial charge in [-0.3, -0.25) is 9.36 Å². The first-order valence-corrected chi connectivity index (χ1v) is 11.3. The van der Waals surface area contributed by atoms with Gasteiger partial charge in [0.05, 0.1) is 11.4 Å². The van der Waals surface area contributed by atoms with Gasteiger partial charge in [0, 0.05) is 42.8 Å². The largest absolute Gasteiger partial charge is 0.336 e. The zero-order valence-electron chi connectivity index (χ0n) is 18.6. The van der Waals surface area contributed by atoms with Crippen molar-refractivity contribution in [3.05, 3.63) is 119 Å². The number of amides is 1. The molecule has 0 spiro atoms. The van der Waals surface area contributed by atoms with Crippen LogP contribution in [0.3, 0.4) is 0 Å². The lowest BCUT2D eigenvalue weighted by Crippen LogP contribution is -2.28. The number of aromatic amines is 1. The van der Waals surface area contributed by atoms with Crippen LogP contribution < -0.4 is 0 Å². The number of hydrogen-bond donors (Lipinski definition) is 1. The second-order valence-electron chi connectivity index (χ2n) is 7.96. The Morgan fingerprint density at radius 1 is 0.912 bits per heavy atom. The molecule has 0 aliphatic rings. The summed E-state index contributed by atoms with van der Waals surface area (Å²) in [6, 6.07) is 29.6. The standard InChI is InChI=1S/C27H23N5OS/c1-30(26(33)24-17-28-27(34)32(24)23-15-9-4-10-16-23)18-21-19-31(22-13-7-3-8-14-22)29-25(21)20-11-5-2-6-12-20/h2-17,19H,18H2,1H3,(H,28,34). The van der Waals surface area contributed by atoms with E-state index in [2.05, 4.69) is 4.98 Å². The van der Waals surface area contributed by atoms with E-state index in [0.29, 0.717) is 17.0 Å². The maximum Gasteiger partial charge on any atom is 0.272 e. The SMILES string of the molecule is CN(Cc1cn(-c2ccccc2)nc1-c1ccccc1)C(=O)c1c[nH]c(=S)n1-c1ccccc1. The highest BCUT2D eigenvalue weighted by molar-refractivity contribution is 7.71. The average Bonchev–Trinajstić information content (AvgIpc) is 3.49. The number of para-hydroxylation sites is 2. The van der Waals surface area contributed by atoms with Crippen molar-refractivity contribution in [3.63, 3.8) is 0 Å². The molecule has 5 rings (SSSR count). The molecule has 5 aromatic rings. The molecule has 3 aromatic carbocycles. The Bertz CT molecular complexity index is 1470. The highest BCUT2D eigenvalue weighted by Crippen LogP contribution is 2.25. The zero-order valence-corrected chi connectivity index (χ0v) is 19.4. The van der Waals surface area contributed by atoms with Crippen molar-refractivity contribution in [1.82, 2.24) is 24.2 Å². The molecule has 0 aliphatic heterocycles. The van der Waals surface area contributed by atoms with E-state index in [1.165, 1.54) is 0 Å². The zero-order chi connectivity index (χ0) is 23.5. The first-order valence-electron chi connectivity index (χ1n) is 10.9. The molecule has 0 aliphatic carbocycles. The van der Waals surface area contributed by atoms with Crippen LogP contribution in [0.4, 0.5) is 0 Å². The summed E-state index contributed by atoms with van der Waals surface area (Å²) in [6.07, 6.45) is 3.65. The minimum atomic E-state index is -0.136. The van der Waals surface area contributed by atoms with Crippen molar-refractivity contribution in [3.8, 4) is 22.6 Å². The number of imidazole rings is 1. The van der Waals surface area contributed by atoms with E-state index < -0.39 is 0 Å². The van der Waals surface area contributed by atoms with E-state index in [0.717, 1.165) is 28.2 Å². The first kappa shape index (κ1) is 21.6. The molecule has 0 bridgehead atoms. The van der Waals surface area contributed by atoms with Gasteiger partial charge in [-0.1, -0.05) is 66.7 Å². The average molecular weight is 466 g/mol. The van der Waals surface area contributed by atoms with Gasteiger partial charge >= 0.3 is 0 Å². The van der Waals surface area contributed by atoms with E-state index in [9.17, 15) is 4.79 Å². The number of aromatic nitrogens is 4. The number of carbonyl (C=O) groups is 1. The Morgan fingerprint density at radius 2 is 1.50 bits per heavy atom. The Morgan fingerprint density at radius 3 is 2.15 bits per heavy atom. The molecule has 2 heterocycles. The molecule has 0 unspecified atom stereocenters. The summed E-state index contributed by atoms with van der Waals surface area (Å²) in [5.41, 5.74) is 5.08. The van der Waals surface area contributed by atoms with Crippen LogP contribution in [0.5, 0.6) is 0 Å². The molecule has 1 amide bonds. The third kappa shape index (κ3) is 4.21. The Hall–Kier alpha value is -4.23. The van der Waals surface area contributed by atoms with Gasteiger partial charge in [0.1, 0.15) is 5.69 Å².